The number of hydrogen-bond donors (Lipinski definition) is 0. The van der Waals surface area contributed by atoms with Crippen LogP contribution in [0.3, 0.4) is 0 Å². The third-order valence-electron chi connectivity index (χ3n) is 4.81. The van der Waals surface area contributed by atoms with Crippen molar-refractivity contribution >= 4 is 12.1 Å². The second kappa shape index (κ2) is 9.29. The van der Waals surface area contributed by atoms with Crippen LogP contribution in [-0.2, 0) is 27.2 Å². The summed E-state index contributed by atoms with van der Waals surface area (Å²) >= 11 is 0. The molecule has 2 aromatic carbocycles. The lowest BCUT2D eigenvalue weighted by Gasteiger charge is -2.37. The van der Waals surface area contributed by atoms with E-state index < -0.39 is 23.7 Å². The Morgan fingerprint density at radius 3 is 2.42 bits per heavy atom. The molecular weight excluding hydrogens is 398 g/mol. The van der Waals surface area contributed by atoms with E-state index in [4.69, 9.17) is 18.9 Å². The van der Waals surface area contributed by atoms with Crippen LogP contribution in [0.4, 0.5) is 4.79 Å². The molecule has 0 N–H and O–H groups in total. The number of nitrogens with zero attached hydrogens (tertiary/aromatic N) is 1. The Balaban J connectivity index is 2.02. The van der Waals surface area contributed by atoms with E-state index >= 15 is 0 Å². The van der Waals surface area contributed by atoms with Gasteiger partial charge in [0.15, 0.2) is 11.5 Å². The van der Waals surface area contributed by atoms with Gasteiger partial charge in [0.1, 0.15) is 17.4 Å². The van der Waals surface area contributed by atoms with E-state index in [0.717, 1.165) is 11.1 Å². The fourth-order valence-corrected chi connectivity index (χ4v) is 3.46. The molecule has 3 rings (SSSR count). The van der Waals surface area contributed by atoms with Gasteiger partial charge in [0, 0.05) is 12.0 Å². The van der Waals surface area contributed by atoms with Crippen molar-refractivity contribution in [3.63, 3.8) is 0 Å². The van der Waals surface area contributed by atoms with E-state index in [1.807, 2.05) is 36.4 Å². The number of benzene rings is 2. The number of esters is 1. The van der Waals surface area contributed by atoms with Crippen molar-refractivity contribution in [1.29, 1.82) is 0 Å². The number of rotatable bonds is 5. The van der Waals surface area contributed by atoms with Gasteiger partial charge in [0.05, 0.1) is 20.3 Å². The first-order valence-corrected chi connectivity index (χ1v) is 10.3. The number of hydrogen-bond acceptors (Lipinski definition) is 6. The summed E-state index contributed by atoms with van der Waals surface area (Å²) < 4.78 is 22.5. The number of carbonyl (C=O) groups is 2. The van der Waals surface area contributed by atoms with E-state index in [9.17, 15) is 9.59 Å². The van der Waals surface area contributed by atoms with Gasteiger partial charge in [-0.05, 0) is 51.5 Å². The van der Waals surface area contributed by atoms with E-state index in [-0.39, 0.29) is 19.6 Å². The Kier molecular flexibility index (Phi) is 6.73. The fourth-order valence-electron chi connectivity index (χ4n) is 3.46. The van der Waals surface area contributed by atoms with Gasteiger partial charge in [0.2, 0.25) is 0 Å². The summed E-state index contributed by atoms with van der Waals surface area (Å²) in [6.45, 7) is 7.52. The maximum absolute atomic E-state index is 12.9. The van der Waals surface area contributed by atoms with E-state index in [1.165, 1.54) is 4.90 Å². The zero-order valence-electron chi connectivity index (χ0n) is 18.6. The molecule has 0 aromatic heterocycles. The molecule has 0 fully saturated rings. The SMILES string of the molecule is CCOC(=O)[C@@H]1Cc2c(ccc(OC)c2Oc2ccccc2)CN1C(=O)OC(C)(C)C. The lowest BCUT2D eigenvalue weighted by molar-refractivity contribution is -0.150. The quantitative estimate of drug-likeness (QED) is 0.643. The minimum atomic E-state index is -0.826. The van der Waals surface area contributed by atoms with Crippen LogP contribution in [0.2, 0.25) is 0 Å². The van der Waals surface area contributed by atoms with Gasteiger partial charge in [-0.25, -0.2) is 9.59 Å². The van der Waals surface area contributed by atoms with Gasteiger partial charge in [0.25, 0.3) is 0 Å². The summed E-state index contributed by atoms with van der Waals surface area (Å²) in [7, 11) is 1.57. The molecule has 0 radical (unpaired) electrons. The molecule has 2 aromatic rings. The summed E-state index contributed by atoms with van der Waals surface area (Å²) in [5, 5.41) is 0. The maximum atomic E-state index is 12.9. The molecule has 0 saturated carbocycles. The Morgan fingerprint density at radius 2 is 1.81 bits per heavy atom. The number of ether oxygens (including phenoxy) is 4. The van der Waals surface area contributed by atoms with Gasteiger partial charge in [-0.3, -0.25) is 4.90 Å². The summed E-state index contributed by atoms with van der Waals surface area (Å²) in [5.74, 6) is 1.25. The van der Waals surface area contributed by atoms with Gasteiger partial charge in [-0.1, -0.05) is 24.3 Å². The Labute approximate surface area is 182 Å². The van der Waals surface area contributed by atoms with Crippen LogP contribution < -0.4 is 9.47 Å². The van der Waals surface area contributed by atoms with E-state index in [1.54, 1.807) is 40.9 Å². The second-order valence-corrected chi connectivity index (χ2v) is 8.23. The molecule has 1 aliphatic rings. The third kappa shape index (κ3) is 5.29. The molecule has 0 bridgehead atoms. The van der Waals surface area contributed by atoms with Gasteiger partial charge in [-0.2, -0.15) is 0 Å². The molecule has 166 valence electrons. The topological polar surface area (TPSA) is 74.3 Å². The second-order valence-electron chi connectivity index (χ2n) is 8.23. The zero-order chi connectivity index (χ0) is 22.6. The highest BCUT2D eigenvalue weighted by atomic mass is 16.6. The molecule has 1 aliphatic heterocycles. The number of carbonyl (C=O) groups excluding carboxylic acids is 2. The Morgan fingerprint density at radius 1 is 1.10 bits per heavy atom. The highest BCUT2D eigenvalue weighted by Gasteiger charge is 2.39. The summed E-state index contributed by atoms with van der Waals surface area (Å²) in [6, 6.07) is 12.2. The van der Waals surface area contributed by atoms with Crippen molar-refractivity contribution in [2.75, 3.05) is 13.7 Å². The smallest absolute Gasteiger partial charge is 0.411 e. The molecule has 1 heterocycles. The standard InChI is InChI=1S/C24H29NO6/c1-6-29-22(26)19-14-18-16(15-25(19)23(27)31-24(2,3)4)12-13-20(28-5)21(18)30-17-10-8-7-9-11-17/h7-13,19H,6,14-15H2,1-5H3/t19-/m0/s1. The average molecular weight is 427 g/mol. The normalized spacial score (nSPS) is 15.6. The van der Waals surface area contributed by atoms with Crippen LogP contribution in [0, 0.1) is 0 Å². The van der Waals surface area contributed by atoms with Crippen LogP contribution in [-0.4, -0.2) is 42.3 Å². The molecule has 1 atom stereocenters. The first-order chi connectivity index (χ1) is 14.7. The molecule has 0 saturated heterocycles. The van der Waals surface area contributed by atoms with E-state index in [2.05, 4.69) is 0 Å². The third-order valence-corrected chi connectivity index (χ3v) is 4.81. The zero-order valence-corrected chi connectivity index (χ0v) is 18.6. The summed E-state index contributed by atoms with van der Waals surface area (Å²) in [4.78, 5) is 27.1. The summed E-state index contributed by atoms with van der Waals surface area (Å²) in [6.07, 6.45) is -0.329. The number of para-hydroxylation sites is 1. The number of amides is 1. The molecule has 7 nitrogen and oxygen atoms in total. The first-order valence-electron chi connectivity index (χ1n) is 10.3. The molecule has 31 heavy (non-hydrogen) atoms. The van der Waals surface area contributed by atoms with Crippen molar-refractivity contribution in [1.82, 2.24) is 4.90 Å². The lowest BCUT2D eigenvalue weighted by atomic mass is 9.92. The monoisotopic (exact) mass is 427 g/mol. The Hall–Kier alpha value is -3.22. The minimum absolute atomic E-state index is 0.197. The highest BCUT2D eigenvalue weighted by molar-refractivity contribution is 5.83. The minimum Gasteiger partial charge on any atom is -0.493 e. The van der Waals surface area contributed by atoms with Crippen molar-refractivity contribution in [2.24, 2.45) is 0 Å². The molecule has 0 aliphatic carbocycles. The summed E-state index contributed by atoms with van der Waals surface area (Å²) in [5.41, 5.74) is 0.983. The van der Waals surface area contributed by atoms with E-state index in [0.29, 0.717) is 17.2 Å². The van der Waals surface area contributed by atoms with Gasteiger partial charge >= 0.3 is 12.1 Å². The van der Waals surface area contributed by atoms with Crippen molar-refractivity contribution in [3.05, 3.63) is 53.6 Å². The molecular formula is C24H29NO6. The maximum Gasteiger partial charge on any atom is 0.411 e. The van der Waals surface area contributed by atoms with Gasteiger partial charge in [-0.15, -0.1) is 0 Å². The highest BCUT2D eigenvalue weighted by Crippen LogP contribution is 2.41. The van der Waals surface area contributed by atoms with Crippen LogP contribution >= 0.6 is 0 Å². The average Bonchev–Trinajstić information content (AvgIpc) is 2.72. The van der Waals surface area contributed by atoms with Crippen molar-refractivity contribution < 1.29 is 28.5 Å². The van der Waals surface area contributed by atoms with Crippen molar-refractivity contribution in [3.8, 4) is 17.2 Å². The predicted octanol–water partition coefficient (Wildman–Crippen LogP) is 4.71. The molecule has 7 heteroatoms. The van der Waals surface area contributed by atoms with Crippen LogP contribution in [0.5, 0.6) is 17.2 Å². The van der Waals surface area contributed by atoms with Crippen LogP contribution in [0.1, 0.15) is 38.8 Å². The largest absolute Gasteiger partial charge is 0.493 e. The number of methoxy groups -OCH3 is 1. The van der Waals surface area contributed by atoms with Crippen LogP contribution in [0.25, 0.3) is 0 Å². The van der Waals surface area contributed by atoms with Gasteiger partial charge < -0.3 is 18.9 Å². The molecule has 0 unspecified atom stereocenters. The molecule has 1 amide bonds. The fraction of sp³-hybridized carbons (Fsp3) is 0.417. The van der Waals surface area contributed by atoms with Crippen molar-refractivity contribution in [2.45, 2.75) is 52.3 Å². The molecule has 0 spiro atoms. The first kappa shape index (κ1) is 22.5. The predicted molar refractivity (Wildman–Crippen MR) is 115 cm³/mol. The number of fused-ring (bicyclic) bond motifs is 1. The lowest BCUT2D eigenvalue weighted by Crippen LogP contribution is -2.50. The van der Waals surface area contributed by atoms with Crippen LogP contribution in [0.15, 0.2) is 42.5 Å². The Bertz CT molecular complexity index is 935.